The largest absolute Gasteiger partial charge is 0.461 e. The van der Waals surface area contributed by atoms with Crippen LogP contribution in [0.2, 0.25) is 0 Å². The zero-order valence-electron chi connectivity index (χ0n) is 29.3. The Hall–Kier alpha value is -0.990. The van der Waals surface area contributed by atoms with Gasteiger partial charge in [-0.2, -0.15) is 0 Å². The Morgan fingerprint density at radius 3 is 2.56 bits per heavy atom. The number of rotatable bonds is 12. The highest BCUT2D eigenvalue weighted by Crippen LogP contribution is 2.67. The molecule has 7 nitrogen and oxygen atoms in total. The van der Waals surface area contributed by atoms with Crippen molar-refractivity contribution in [3.63, 3.8) is 0 Å². The van der Waals surface area contributed by atoms with Gasteiger partial charge in [0.1, 0.15) is 25.4 Å². The van der Waals surface area contributed by atoms with Crippen molar-refractivity contribution in [2.24, 2.45) is 52.3 Å². The third-order valence-electron chi connectivity index (χ3n) is 13.5. The number of carbonyl (C=O) groups is 1. The number of aliphatic hydroxyl groups is 2. The van der Waals surface area contributed by atoms with E-state index in [0.717, 1.165) is 54.8 Å². The molecule has 5 rings (SSSR count). The van der Waals surface area contributed by atoms with Crippen molar-refractivity contribution >= 4 is 5.97 Å². The van der Waals surface area contributed by atoms with E-state index in [1.807, 2.05) is 6.92 Å². The van der Waals surface area contributed by atoms with Gasteiger partial charge in [0.25, 0.3) is 0 Å². The third-order valence-corrected chi connectivity index (χ3v) is 13.5. The standard InChI is InChI=1S/C38H64O7/c1-8-42-35-25(5)36(41)45-32(34(35)40)21-44-33(39)22-43-27-16-18-37(6)26(20-27)12-13-28-30-15-14-29(24(4)11-9-10-23(2)3)38(30,7)19-17-31(28)37/h12,23-25,27-32,34-36,40-41H,8-11,13-22H2,1-7H3/t24-,25?,27-,28?,29-,30?,31?,32?,34+,35-,36?,37+,38-/m1/s1. The first-order valence-electron chi connectivity index (χ1n) is 18.5. The molecular formula is C38H64O7. The maximum absolute atomic E-state index is 12.6. The Kier molecular flexibility index (Phi) is 11.5. The molecule has 4 aliphatic carbocycles. The number of carbonyl (C=O) groups excluding carboxylic acids is 1. The molecule has 4 fully saturated rings. The predicted molar refractivity (Wildman–Crippen MR) is 175 cm³/mol. The highest BCUT2D eigenvalue weighted by molar-refractivity contribution is 5.70. The van der Waals surface area contributed by atoms with E-state index in [0.29, 0.717) is 12.0 Å². The summed E-state index contributed by atoms with van der Waals surface area (Å²) in [4.78, 5) is 12.6. The van der Waals surface area contributed by atoms with Crippen LogP contribution in [0.4, 0.5) is 0 Å². The molecule has 13 atom stereocenters. The van der Waals surface area contributed by atoms with Crippen LogP contribution < -0.4 is 0 Å². The fraction of sp³-hybridized carbons (Fsp3) is 0.921. The van der Waals surface area contributed by atoms with E-state index in [9.17, 15) is 15.0 Å². The molecule has 0 radical (unpaired) electrons. The minimum atomic E-state index is -1.08. The van der Waals surface area contributed by atoms with Crippen LogP contribution in [0, 0.1) is 52.3 Å². The Morgan fingerprint density at radius 1 is 1.04 bits per heavy atom. The molecule has 0 aromatic heterocycles. The lowest BCUT2D eigenvalue weighted by atomic mass is 9.47. The molecule has 258 valence electrons. The van der Waals surface area contributed by atoms with Gasteiger partial charge in [-0.15, -0.1) is 0 Å². The Bertz CT molecular complexity index is 1030. The minimum Gasteiger partial charge on any atom is -0.461 e. The second-order valence-electron chi connectivity index (χ2n) is 16.5. The summed E-state index contributed by atoms with van der Waals surface area (Å²) in [6, 6.07) is 0. The zero-order chi connectivity index (χ0) is 32.5. The predicted octanol–water partition coefficient (Wildman–Crippen LogP) is 7.08. The number of fused-ring (bicyclic) bond motifs is 5. The molecule has 45 heavy (non-hydrogen) atoms. The van der Waals surface area contributed by atoms with E-state index in [1.54, 1.807) is 12.5 Å². The van der Waals surface area contributed by atoms with E-state index >= 15 is 0 Å². The quantitative estimate of drug-likeness (QED) is 0.175. The van der Waals surface area contributed by atoms with Crippen LogP contribution in [0.15, 0.2) is 11.6 Å². The minimum absolute atomic E-state index is 0.0198. The molecule has 1 aliphatic heterocycles. The molecule has 5 aliphatic rings. The molecule has 2 N–H and O–H groups in total. The molecule has 6 unspecified atom stereocenters. The molecule has 0 amide bonds. The Morgan fingerprint density at radius 2 is 1.82 bits per heavy atom. The average Bonchev–Trinajstić information content (AvgIpc) is 3.36. The van der Waals surface area contributed by atoms with Gasteiger partial charge in [0.2, 0.25) is 0 Å². The molecule has 3 saturated carbocycles. The van der Waals surface area contributed by atoms with Crippen molar-refractivity contribution in [1.82, 2.24) is 0 Å². The van der Waals surface area contributed by atoms with Crippen LogP contribution in [0.3, 0.4) is 0 Å². The van der Waals surface area contributed by atoms with Gasteiger partial charge in [0, 0.05) is 12.5 Å². The maximum Gasteiger partial charge on any atom is 0.332 e. The van der Waals surface area contributed by atoms with Crippen LogP contribution in [-0.2, 0) is 23.7 Å². The van der Waals surface area contributed by atoms with Gasteiger partial charge in [-0.3, -0.25) is 0 Å². The molecule has 1 saturated heterocycles. The lowest BCUT2D eigenvalue weighted by molar-refractivity contribution is -0.275. The van der Waals surface area contributed by atoms with E-state index < -0.39 is 30.6 Å². The number of hydrogen-bond donors (Lipinski definition) is 2. The van der Waals surface area contributed by atoms with Crippen molar-refractivity contribution in [2.45, 2.75) is 150 Å². The molecule has 7 heteroatoms. The van der Waals surface area contributed by atoms with Gasteiger partial charge in [0.05, 0.1) is 12.2 Å². The van der Waals surface area contributed by atoms with Crippen molar-refractivity contribution in [3.05, 3.63) is 11.6 Å². The SMILES string of the molecule is CCO[C@@H]1C(C)C(O)OC(COC(=O)CO[C@@H]2CC[C@@]3(C)C(=CCC4C3CC[C@@]3(C)C4CC[C@@H]3[C@H](C)CCCC(C)C)C2)[C@@H]1O. The lowest BCUT2D eigenvalue weighted by Crippen LogP contribution is -2.56. The lowest BCUT2D eigenvalue weighted by Gasteiger charge is -2.58. The summed E-state index contributed by atoms with van der Waals surface area (Å²) in [7, 11) is 0. The van der Waals surface area contributed by atoms with Crippen LogP contribution >= 0.6 is 0 Å². The number of hydrogen-bond acceptors (Lipinski definition) is 7. The first-order chi connectivity index (χ1) is 21.4. The highest BCUT2D eigenvalue weighted by atomic mass is 16.6. The van der Waals surface area contributed by atoms with Gasteiger partial charge in [-0.25, -0.2) is 4.79 Å². The fourth-order valence-corrected chi connectivity index (χ4v) is 10.8. The van der Waals surface area contributed by atoms with Gasteiger partial charge < -0.3 is 29.2 Å². The van der Waals surface area contributed by atoms with Crippen LogP contribution in [0.1, 0.15) is 119 Å². The summed E-state index contributed by atoms with van der Waals surface area (Å²) in [6.07, 6.45) is 13.0. The highest BCUT2D eigenvalue weighted by Gasteiger charge is 2.59. The van der Waals surface area contributed by atoms with Crippen molar-refractivity contribution in [2.75, 3.05) is 19.8 Å². The summed E-state index contributed by atoms with van der Waals surface area (Å²) in [5.41, 5.74) is 2.30. The van der Waals surface area contributed by atoms with Gasteiger partial charge in [-0.1, -0.05) is 72.5 Å². The first-order valence-corrected chi connectivity index (χ1v) is 18.5. The summed E-state index contributed by atoms with van der Waals surface area (Å²) < 4.78 is 22.7. The van der Waals surface area contributed by atoms with E-state index in [1.165, 1.54) is 51.4 Å². The van der Waals surface area contributed by atoms with Crippen molar-refractivity contribution in [1.29, 1.82) is 0 Å². The second-order valence-corrected chi connectivity index (χ2v) is 16.5. The number of ether oxygens (including phenoxy) is 4. The summed E-state index contributed by atoms with van der Waals surface area (Å²) in [6.45, 7) is 16.2. The van der Waals surface area contributed by atoms with Gasteiger partial charge in [0.15, 0.2) is 6.29 Å². The Labute approximate surface area is 273 Å². The average molecular weight is 633 g/mol. The molecule has 0 aromatic carbocycles. The maximum atomic E-state index is 12.6. The molecule has 1 heterocycles. The summed E-state index contributed by atoms with van der Waals surface area (Å²) in [5.74, 6) is 4.09. The van der Waals surface area contributed by atoms with Crippen molar-refractivity contribution in [3.8, 4) is 0 Å². The third kappa shape index (κ3) is 7.23. The van der Waals surface area contributed by atoms with Crippen molar-refractivity contribution < 1.29 is 34.0 Å². The molecule has 0 spiro atoms. The van der Waals surface area contributed by atoms with E-state index in [2.05, 4.69) is 40.7 Å². The normalized spacial score (nSPS) is 43.6. The summed E-state index contributed by atoms with van der Waals surface area (Å²) >= 11 is 0. The smallest absolute Gasteiger partial charge is 0.332 e. The second kappa shape index (κ2) is 14.6. The van der Waals surface area contributed by atoms with Crippen LogP contribution in [0.5, 0.6) is 0 Å². The first kappa shape index (κ1) is 35.3. The topological polar surface area (TPSA) is 94.5 Å². The monoisotopic (exact) mass is 632 g/mol. The van der Waals surface area contributed by atoms with E-state index in [-0.39, 0.29) is 30.7 Å². The van der Waals surface area contributed by atoms with Crippen LogP contribution in [-0.4, -0.2) is 66.7 Å². The molecular weight excluding hydrogens is 568 g/mol. The number of aliphatic hydroxyl groups excluding tert-OH is 2. The zero-order valence-corrected chi connectivity index (χ0v) is 29.3. The molecule has 0 aromatic rings. The Balaban J connectivity index is 1.12. The molecule has 0 bridgehead atoms. The fourth-order valence-electron chi connectivity index (χ4n) is 10.8. The van der Waals surface area contributed by atoms with Crippen LogP contribution in [0.25, 0.3) is 0 Å². The number of esters is 1. The van der Waals surface area contributed by atoms with E-state index in [4.69, 9.17) is 18.9 Å². The number of allylic oxidation sites excluding steroid dienone is 1. The van der Waals surface area contributed by atoms with Gasteiger partial charge >= 0.3 is 5.97 Å². The summed E-state index contributed by atoms with van der Waals surface area (Å²) in [5, 5.41) is 20.9. The van der Waals surface area contributed by atoms with Gasteiger partial charge in [-0.05, 0) is 105 Å².